The molecule has 0 amide bonds. The molecule has 0 saturated heterocycles. The maximum atomic E-state index is 9.04. The van der Waals surface area contributed by atoms with E-state index in [2.05, 4.69) is 44.3 Å². The van der Waals surface area contributed by atoms with Gasteiger partial charge in [0, 0.05) is 17.3 Å². The van der Waals surface area contributed by atoms with Crippen molar-refractivity contribution in [3.05, 3.63) is 40.1 Å². The average Bonchev–Trinajstić information content (AvgIpc) is 2.77. The van der Waals surface area contributed by atoms with Crippen molar-refractivity contribution in [3.63, 3.8) is 0 Å². The standard InChI is InChI=1S/C13H16BrN3OS/c1-17-12(9-18)15-16-13(17)19-8-4-6-10-5-2-3-7-11(10)14/h2-3,5,7,18H,4,6,8-9H2,1H3. The van der Waals surface area contributed by atoms with Crippen molar-refractivity contribution in [2.45, 2.75) is 24.6 Å². The van der Waals surface area contributed by atoms with E-state index in [0.717, 1.165) is 23.8 Å². The molecular formula is C13H16BrN3OS. The number of aryl methyl sites for hydroxylation is 1. The molecule has 1 aromatic carbocycles. The molecule has 2 aromatic rings. The van der Waals surface area contributed by atoms with E-state index in [9.17, 15) is 0 Å². The fourth-order valence-corrected chi connectivity index (χ4v) is 3.09. The van der Waals surface area contributed by atoms with Gasteiger partial charge in [-0.2, -0.15) is 0 Å². The van der Waals surface area contributed by atoms with Crippen molar-refractivity contribution < 1.29 is 5.11 Å². The first-order valence-corrected chi connectivity index (χ1v) is 7.85. The first kappa shape index (κ1) is 14.6. The second kappa shape index (κ2) is 7.07. The maximum absolute atomic E-state index is 9.04. The Balaban J connectivity index is 1.81. The molecule has 0 saturated carbocycles. The molecule has 0 aliphatic heterocycles. The van der Waals surface area contributed by atoms with Gasteiger partial charge in [0.2, 0.25) is 0 Å². The summed E-state index contributed by atoms with van der Waals surface area (Å²) in [6.45, 7) is -0.0684. The Bertz CT molecular complexity index is 544. The summed E-state index contributed by atoms with van der Waals surface area (Å²) in [5.41, 5.74) is 1.33. The molecule has 0 fully saturated rings. The molecular weight excluding hydrogens is 326 g/mol. The molecule has 0 radical (unpaired) electrons. The van der Waals surface area contributed by atoms with E-state index < -0.39 is 0 Å². The minimum Gasteiger partial charge on any atom is -0.388 e. The summed E-state index contributed by atoms with van der Waals surface area (Å²) in [5.74, 6) is 1.59. The third-order valence-electron chi connectivity index (χ3n) is 2.85. The Labute approximate surface area is 125 Å². The molecule has 1 aromatic heterocycles. The smallest absolute Gasteiger partial charge is 0.191 e. The highest BCUT2D eigenvalue weighted by atomic mass is 79.9. The summed E-state index contributed by atoms with van der Waals surface area (Å²) in [6.07, 6.45) is 2.12. The van der Waals surface area contributed by atoms with Crippen LogP contribution in [0.5, 0.6) is 0 Å². The van der Waals surface area contributed by atoms with Crippen molar-refractivity contribution >= 4 is 27.7 Å². The number of nitrogens with zero attached hydrogens (tertiary/aromatic N) is 3. The SMILES string of the molecule is Cn1c(CO)nnc1SCCCc1ccccc1Br. The van der Waals surface area contributed by atoms with E-state index in [4.69, 9.17) is 5.11 Å². The Hall–Kier alpha value is -0.850. The molecule has 0 bridgehead atoms. The van der Waals surface area contributed by atoms with E-state index >= 15 is 0 Å². The largest absolute Gasteiger partial charge is 0.388 e. The Kier molecular flexibility index (Phi) is 5.42. The van der Waals surface area contributed by atoms with Crippen LogP contribution < -0.4 is 0 Å². The van der Waals surface area contributed by atoms with Crippen LogP contribution in [0.3, 0.4) is 0 Å². The van der Waals surface area contributed by atoms with E-state index in [-0.39, 0.29) is 6.61 Å². The quantitative estimate of drug-likeness (QED) is 0.648. The minimum absolute atomic E-state index is 0.0684. The summed E-state index contributed by atoms with van der Waals surface area (Å²) in [4.78, 5) is 0. The Morgan fingerprint density at radius 2 is 2.11 bits per heavy atom. The highest BCUT2D eigenvalue weighted by molar-refractivity contribution is 9.10. The van der Waals surface area contributed by atoms with E-state index in [1.54, 1.807) is 11.8 Å². The third kappa shape index (κ3) is 3.81. The van der Waals surface area contributed by atoms with Gasteiger partial charge >= 0.3 is 0 Å². The van der Waals surface area contributed by atoms with Crippen molar-refractivity contribution in [1.82, 2.24) is 14.8 Å². The summed E-state index contributed by atoms with van der Waals surface area (Å²) >= 11 is 5.23. The maximum Gasteiger partial charge on any atom is 0.191 e. The average molecular weight is 342 g/mol. The van der Waals surface area contributed by atoms with Gasteiger partial charge in [-0.05, 0) is 24.5 Å². The number of aromatic nitrogens is 3. The fourth-order valence-electron chi connectivity index (χ4n) is 1.74. The zero-order valence-corrected chi connectivity index (χ0v) is 13.1. The van der Waals surface area contributed by atoms with Crippen LogP contribution in [-0.2, 0) is 20.1 Å². The van der Waals surface area contributed by atoms with Crippen LogP contribution in [0, 0.1) is 0 Å². The molecule has 0 atom stereocenters. The lowest BCUT2D eigenvalue weighted by atomic mass is 10.1. The molecule has 0 aliphatic carbocycles. The Morgan fingerprint density at radius 1 is 1.32 bits per heavy atom. The molecule has 4 nitrogen and oxygen atoms in total. The number of halogens is 1. The molecule has 1 heterocycles. The molecule has 2 rings (SSSR count). The van der Waals surface area contributed by atoms with Gasteiger partial charge in [0.05, 0.1) is 0 Å². The first-order chi connectivity index (χ1) is 9.22. The van der Waals surface area contributed by atoms with Crippen LogP contribution in [0.15, 0.2) is 33.9 Å². The van der Waals surface area contributed by atoms with Crippen LogP contribution in [-0.4, -0.2) is 25.6 Å². The predicted molar refractivity (Wildman–Crippen MR) is 80.1 cm³/mol. The van der Waals surface area contributed by atoms with Gasteiger partial charge in [0.1, 0.15) is 6.61 Å². The number of rotatable bonds is 6. The molecule has 6 heteroatoms. The summed E-state index contributed by atoms with van der Waals surface area (Å²) in [7, 11) is 1.88. The normalized spacial score (nSPS) is 10.9. The highest BCUT2D eigenvalue weighted by Gasteiger charge is 2.07. The van der Waals surface area contributed by atoms with Crippen molar-refractivity contribution in [1.29, 1.82) is 0 Å². The van der Waals surface area contributed by atoms with Gasteiger partial charge in [0.15, 0.2) is 11.0 Å². The van der Waals surface area contributed by atoms with E-state index in [1.807, 2.05) is 17.7 Å². The van der Waals surface area contributed by atoms with Gasteiger partial charge in [-0.3, -0.25) is 0 Å². The molecule has 102 valence electrons. The lowest BCUT2D eigenvalue weighted by molar-refractivity contribution is 0.266. The molecule has 0 unspecified atom stereocenters. The topological polar surface area (TPSA) is 50.9 Å². The fraction of sp³-hybridized carbons (Fsp3) is 0.385. The number of aliphatic hydroxyl groups is 1. The minimum atomic E-state index is -0.0684. The van der Waals surface area contributed by atoms with Gasteiger partial charge in [-0.25, -0.2) is 0 Å². The number of thioether (sulfide) groups is 1. The number of hydrogen-bond donors (Lipinski definition) is 1. The van der Waals surface area contributed by atoms with Crippen molar-refractivity contribution in [3.8, 4) is 0 Å². The zero-order chi connectivity index (χ0) is 13.7. The molecule has 19 heavy (non-hydrogen) atoms. The van der Waals surface area contributed by atoms with Crippen LogP contribution in [0.4, 0.5) is 0 Å². The predicted octanol–water partition coefficient (Wildman–Crippen LogP) is 2.79. The summed E-state index contributed by atoms with van der Waals surface area (Å²) in [6, 6.07) is 8.29. The number of aliphatic hydroxyl groups excluding tert-OH is 1. The second-order valence-corrected chi connectivity index (χ2v) is 6.08. The van der Waals surface area contributed by atoms with Gasteiger partial charge in [-0.15, -0.1) is 10.2 Å². The van der Waals surface area contributed by atoms with Crippen molar-refractivity contribution in [2.75, 3.05) is 5.75 Å². The first-order valence-electron chi connectivity index (χ1n) is 6.07. The number of benzene rings is 1. The monoisotopic (exact) mass is 341 g/mol. The van der Waals surface area contributed by atoms with Gasteiger partial charge in [-0.1, -0.05) is 45.9 Å². The van der Waals surface area contributed by atoms with Crippen LogP contribution in [0.25, 0.3) is 0 Å². The lowest BCUT2D eigenvalue weighted by Crippen LogP contribution is -1.99. The van der Waals surface area contributed by atoms with Gasteiger partial charge < -0.3 is 9.67 Å². The summed E-state index contributed by atoms with van der Waals surface area (Å²) in [5, 5.41) is 17.9. The molecule has 1 N–H and O–H groups in total. The van der Waals surface area contributed by atoms with E-state index in [0.29, 0.717) is 5.82 Å². The van der Waals surface area contributed by atoms with Gasteiger partial charge in [0.25, 0.3) is 0 Å². The van der Waals surface area contributed by atoms with Crippen molar-refractivity contribution in [2.24, 2.45) is 7.05 Å². The third-order valence-corrected chi connectivity index (χ3v) is 4.73. The molecule has 0 aliphatic rings. The van der Waals surface area contributed by atoms with Crippen LogP contribution in [0.2, 0.25) is 0 Å². The van der Waals surface area contributed by atoms with E-state index in [1.165, 1.54) is 10.0 Å². The number of hydrogen-bond acceptors (Lipinski definition) is 4. The Morgan fingerprint density at radius 3 is 2.79 bits per heavy atom. The highest BCUT2D eigenvalue weighted by Crippen LogP contribution is 2.21. The summed E-state index contributed by atoms with van der Waals surface area (Å²) < 4.78 is 3.00. The van der Waals surface area contributed by atoms with Crippen LogP contribution >= 0.6 is 27.7 Å². The second-order valence-electron chi connectivity index (χ2n) is 4.16. The lowest BCUT2D eigenvalue weighted by Gasteiger charge is -2.04. The zero-order valence-electron chi connectivity index (χ0n) is 10.7. The molecule has 0 spiro atoms. The van der Waals surface area contributed by atoms with Crippen LogP contribution in [0.1, 0.15) is 17.8 Å².